The number of hydrogen-bond acceptors (Lipinski definition) is 2. The molecule has 0 bridgehead atoms. The van der Waals surface area contributed by atoms with Crippen LogP contribution < -0.4 is 11.1 Å². The van der Waals surface area contributed by atoms with E-state index < -0.39 is 0 Å². The summed E-state index contributed by atoms with van der Waals surface area (Å²) in [6.45, 7) is 0. The Balaban J connectivity index is 1.86. The molecule has 6 aromatic rings. The van der Waals surface area contributed by atoms with Crippen LogP contribution in [-0.4, -0.2) is 9.03 Å². The first-order valence-corrected chi connectivity index (χ1v) is 11.1. The molecule has 0 saturated carbocycles. The van der Waals surface area contributed by atoms with Gasteiger partial charge in [0.2, 0.25) is 0 Å². The Labute approximate surface area is 196 Å². The van der Waals surface area contributed by atoms with E-state index in [9.17, 15) is 9.59 Å². The van der Waals surface area contributed by atoms with Crippen LogP contribution in [0.4, 0.5) is 0 Å². The molecule has 2 heterocycles. The van der Waals surface area contributed by atoms with Crippen molar-refractivity contribution in [1.82, 2.24) is 9.03 Å². The normalized spacial score (nSPS) is 11.2. The zero-order valence-electron chi connectivity index (χ0n) is 18.3. The molecule has 0 atom stereocenters. The van der Waals surface area contributed by atoms with Gasteiger partial charge in [0, 0.05) is 11.1 Å². The number of nitrogens with zero attached hydrogens (tertiary/aromatic N) is 2. The lowest BCUT2D eigenvalue weighted by Crippen LogP contribution is -2.23. The third kappa shape index (κ3) is 3.00. The Hall–Kier alpha value is -4.70. The molecule has 0 fully saturated rings. The van der Waals surface area contributed by atoms with Gasteiger partial charge in [-0.05, 0) is 11.1 Å². The Kier molecular flexibility index (Phi) is 4.70. The topological polar surface area (TPSA) is 43.0 Å². The Morgan fingerprint density at radius 1 is 0.353 bits per heavy atom. The second-order valence-electron chi connectivity index (χ2n) is 8.15. The second kappa shape index (κ2) is 8.01. The van der Waals surface area contributed by atoms with Gasteiger partial charge in [-0.3, -0.25) is 9.59 Å². The molecule has 34 heavy (non-hydrogen) atoms. The molecule has 4 heteroatoms. The standard InChI is InChI=1S/C30H20N2O2/c33-29-25(21-13-5-1-6-14-21)27(23-17-9-3-10-18-23)31-28(24-19-11-4-12-20-24)26(30(34)32(29)31)22-15-7-2-8-16-22/h1-20H. The molecule has 2 aromatic heterocycles. The molecular formula is C30H20N2O2. The Morgan fingerprint density at radius 3 is 0.971 bits per heavy atom. The zero-order chi connectivity index (χ0) is 23.1. The van der Waals surface area contributed by atoms with E-state index in [0.717, 1.165) is 22.3 Å². The molecule has 0 radical (unpaired) electrons. The van der Waals surface area contributed by atoms with Crippen molar-refractivity contribution >= 4 is 0 Å². The quantitative estimate of drug-likeness (QED) is 0.344. The Bertz CT molecular complexity index is 1580. The molecular weight excluding hydrogens is 420 g/mol. The van der Waals surface area contributed by atoms with E-state index >= 15 is 0 Å². The summed E-state index contributed by atoms with van der Waals surface area (Å²) in [7, 11) is 0. The predicted molar refractivity (Wildman–Crippen MR) is 136 cm³/mol. The van der Waals surface area contributed by atoms with Crippen molar-refractivity contribution < 1.29 is 0 Å². The highest BCUT2D eigenvalue weighted by atomic mass is 16.2. The maximum absolute atomic E-state index is 13.9. The van der Waals surface area contributed by atoms with E-state index in [2.05, 4.69) is 0 Å². The van der Waals surface area contributed by atoms with Gasteiger partial charge in [0.1, 0.15) is 0 Å². The number of fused-ring (bicyclic) bond motifs is 1. The lowest BCUT2D eigenvalue weighted by molar-refractivity contribution is 0.815. The largest absolute Gasteiger partial charge is 0.283 e. The summed E-state index contributed by atoms with van der Waals surface area (Å²) in [6, 6.07) is 38.7. The lowest BCUT2D eigenvalue weighted by atomic mass is 9.99. The van der Waals surface area contributed by atoms with Crippen LogP contribution in [0.15, 0.2) is 131 Å². The minimum atomic E-state index is -0.325. The summed E-state index contributed by atoms with van der Waals surface area (Å²) in [5, 5.41) is 0. The summed E-state index contributed by atoms with van der Waals surface area (Å²) in [5.74, 6) is 0. The van der Waals surface area contributed by atoms with Gasteiger partial charge in [0.05, 0.1) is 22.5 Å². The lowest BCUT2D eigenvalue weighted by Gasteiger charge is -2.10. The molecule has 0 aliphatic rings. The van der Waals surface area contributed by atoms with Crippen LogP contribution in [0.2, 0.25) is 0 Å². The second-order valence-corrected chi connectivity index (χ2v) is 8.15. The van der Waals surface area contributed by atoms with Gasteiger partial charge in [-0.25, -0.2) is 4.52 Å². The van der Waals surface area contributed by atoms with E-state index in [1.807, 2.05) is 121 Å². The number of aromatic nitrogens is 2. The van der Waals surface area contributed by atoms with Gasteiger partial charge in [0.25, 0.3) is 11.1 Å². The Morgan fingerprint density at radius 2 is 0.647 bits per heavy atom. The number of hydrogen-bond donors (Lipinski definition) is 0. The number of rotatable bonds is 4. The molecule has 0 N–H and O–H groups in total. The van der Waals surface area contributed by atoms with Crippen LogP contribution in [0, 0.1) is 0 Å². The monoisotopic (exact) mass is 440 g/mol. The van der Waals surface area contributed by atoms with Crippen molar-refractivity contribution in [3.63, 3.8) is 0 Å². The first-order chi connectivity index (χ1) is 16.8. The maximum Gasteiger partial charge on any atom is 0.283 e. The first kappa shape index (κ1) is 19.9. The average molecular weight is 441 g/mol. The minimum Gasteiger partial charge on any atom is -0.267 e. The van der Waals surface area contributed by atoms with Crippen LogP contribution in [-0.2, 0) is 0 Å². The fourth-order valence-corrected chi connectivity index (χ4v) is 4.67. The summed E-state index contributed by atoms with van der Waals surface area (Å²) < 4.78 is 3.09. The maximum atomic E-state index is 13.9. The van der Waals surface area contributed by atoms with Crippen LogP contribution in [0.3, 0.4) is 0 Å². The molecule has 0 amide bonds. The molecule has 0 aliphatic heterocycles. The van der Waals surface area contributed by atoms with Crippen molar-refractivity contribution in [2.24, 2.45) is 0 Å². The SMILES string of the molecule is O=c1c(-c2ccccc2)c(-c2ccccc2)n2c(-c3ccccc3)c(-c3ccccc3)c(=O)n12. The van der Waals surface area contributed by atoms with Gasteiger partial charge in [-0.1, -0.05) is 121 Å². The smallest absolute Gasteiger partial charge is 0.267 e. The minimum absolute atomic E-state index is 0.325. The van der Waals surface area contributed by atoms with Gasteiger partial charge in [-0.15, -0.1) is 0 Å². The van der Waals surface area contributed by atoms with Gasteiger partial charge in [-0.2, -0.15) is 4.52 Å². The summed E-state index contributed by atoms with van der Waals surface area (Å²) in [6.07, 6.45) is 0. The predicted octanol–water partition coefficient (Wildman–Crippen LogP) is 5.87. The van der Waals surface area contributed by atoms with Crippen molar-refractivity contribution in [3.05, 3.63) is 142 Å². The van der Waals surface area contributed by atoms with E-state index in [-0.39, 0.29) is 11.1 Å². The first-order valence-electron chi connectivity index (χ1n) is 11.1. The van der Waals surface area contributed by atoms with Gasteiger partial charge >= 0.3 is 0 Å². The van der Waals surface area contributed by atoms with E-state index in [1.54, 1.807) is 4.52 Å². The fourth-order valence-electron chi connectivity index (χ4n) is 4.67. The molecule has 4 nitrogen and oxygen atoms in total. The van der Waals surface area contributed by atoms with Crippen molar-refractivity contribution in [1.29, 1.82) is 0 Å². The van der Waals surface area contributed by atoms with Crippen LogP contribution >= 0.6 is 0 Å². The van der Waals surface area contributed by atoms with Gasteiger partial charge in [0.15, 0.2) is 0 Å². The molecule has 4 aromatic carbocycles. The third-order valence-electron chi connectivity index (χ3n) is 6.13. The molecule has 0 saturated heterocycles. The molecule has 0 spiro atoms. The summed E-state index contributed by atoms with van der Waals surface area (Å²) in [4.78, 5) is 27.8. The van der Waals surface area contributed by atoms with Crippen LogP contribution in [0.5, 0.6) is 0 Å². The number of benzene rings is 4. The zero-order valence-corrected chi connectivity index (χ0v) is 18.3. The third-order valence-corrected chi connectivity index (χ3v) is 6.13. The molecule has 162 valence electrons. The summed E-state index contributed by atoms with van der Waals surface area (Å²) in [5.41, 5.74) is 5.08. The summed E-state index contributed by atoms with van der Waals surface area (Å²) >= 11 is 0. The van der Waals surface area contributed by atoms with Crippen LogP contribution in [0.25, 0.3) is 44.8 Å². The van der Waals surface area contributed by atoms with Crippen molar-refractivity contribution in [2.45, 2.75) is 0 Å². The molecule has 6 rings (SSSR count). The average Bonchev–Trinajstić information content (AvgIpc) is 3.37. The highest BCUT2D eigenvalue weighted by Crippen LogP contribution is 2.36. The highest BCUT2D eigenvalue weighted by molar-refractivity contribution is 5.87. The fraction of sp³-hybridized carbons (Fsp3) is 0. The highest BCUT2D eigenvalue weighted by Gasteiger charge is 2.28. The van der Waals surface area contributed by atoms with E-state index in [0.29, 0.717) is 22.5 Å². The van der Waals surface area contributed by atoms with Crippen molar-refractivity contribution in [2.75, 3.05) is 0 Å². The molecule has 0 unspecified atom stereocenters. The van der Waals surface area contributed by atoms with Crippen molar-refractivity contribution in [3.8, 4) is 44.8 Å². The van der Waals surface area contributed by atoms with Crippen LogP contribution in [0.1, 0.15) is 0 Å². The van der Waals surface area contributed by atoms with E-state index in [1.165, 1.54) is 4.52 Å². The van der Waals surface area contributed by atoms with Gasteiger partial charge < -0.3 is 0 Å². The van der Waals surface area contributed by atoms with E-state index in [4.69, 9.17) is 0 Å². The molecule has 0 aliphatic carbocycles.